The molecule has 0 unspecified atom stereocenters. The average Bonchev–Trinajstić information content (AvgIpc) is 2.10. The number of rotatable bonds is 5. The van der Waals surface area contributed by atoms with Crippen LogP contribution in [0.5, 0.6) is 0 Å². The Hall–Kier alpha value is -1.39. The van der Waals surface area contributed by atoms with Crippen molar-refractivity contribution in [3.63, 3.8) is 0 Å². The van der Waals surface area contributed by atoms with Crippen LogP contribution in [-0.4, -0.2) is 31.4 Å². The Labute approximate surface area is 76.0 Å². The van der Waals surface area contributed by atoms with Crippen LogP contribution in [-0.2, 0) is 23.9 Å². The van der Waals surface area contributed by atoms with Gasteiger partial charge in [-0.15, -0.1) is 0 Å². The summed E-state index contributed by atoms with van der Waals surface area (Å²) in [5.41, 5.74) is 0. The second-order valence-electron chi connectivity index (χ2n) is 2.44. The highest BCUT2D eigenvalue weighted by atomic mass is 16.5. The van der Waals surface area contributed by atoms with Crippen molar-refractivity contribution in [3.05, 3.63) is 0 Å². The molecule has 0 aliphatic carbocycles. The van der Waals surface area contributed by atoms with E-state index in [1.807, 2.05) is 0 Å². The van der Waals surface area contributed by atoms with E-state index in [1.165, 1.54) is 14.0 Å². The van der Waals surface area contributed by atoms with Crippen LogP contribution in [0.25, 0.3) is 0 Å². The molecular weight excluding hydrogens is 176 g/mol. The average molecular weight is 188 g/mol. The standard InChI is InChI=1S/C8H12O5/c1-6(9)5-13-8(11)4-3-7(10)12-2/h3-5H2,1-2H3. The fourth-order valence-electron chi connectivity index (χ4n) is 0.560. The SMILES string of the molecule is COC(=O)CCC(=O)OCC(C)=O. The summed E-state index contributed by atoms with van der Waals surface area (Å²) in [5.74, 6) is -1.27. The summed E-state index contributed by atoms with van der Waals surface area (Å²) in [5, 5.41) is 0. The van der Waals surface area contributed by atoms with Crippen LogP contribution in [0.3, 0.4) is 0 Å². The highest BCUT2D eigenvalue weighted by molar-refractivity contribution is 5.81. The number of carbonyl (C=O) groups is 3. The predicted octanol–water partition coefficient (Wildman–Crippen LogP) is 0.0718. The fourth-order valence-corrected chi connectivity index (χ4v) is 0.560. The van der Waals surface area contributed by atoms with Gasteiger partial charge in [0.15, 0.2) is 5.78 Å². The van der Waals surface area contributed by atoms with Gasteiger partial charge in [-0.05, 0) is 6.92 Å². The second-order valence-corrected chi connectivity index (χ2v) is 2.44. The maximum atomic E-state index is 10.8. The van der Waals surface area contributed by atoms with Crippen molar-refractivity contribution in [3.8, 4) is 0 Å². The quantitative estimate of drug-likeness (QED) is 0.571. The van der Waals surface area contributed by atoms with E-state index in [0.717, 1.165) is 0 Å². The molecule has 0 atom stereocenters. The first-order chi connectivity index (χ1) is 6.06. The molecule has 0 spiro atoms. The first kappa shape index (κ1) is 11.6. The molecule has 0 N–H and O–H groups in total. The van der Waals surface area contributed by atoms with Crippen molar-refractivity contribution in [1.82, 2.24) is 0 Å². The lowest BCUT2D eigenvalue weighted by molar-refractivity contribution is -0.150. The molecule has 0 aliphatic rings. The number of Topliss-reactive ketones (excluding diaryl/α,β-unsaturated/α-hetero) is 1. The molecule has 0 radical (unpaired) electrons. The van der Waals surface area contributed by atoms with Gasteiger partial charge in [-0.25, -0.2) is 0 Å². The number of hydrogen-bond donors (Lipinski definition) is 0. The maximum Gasteiger partial charge on any atom is 0.306 e. The molecule has 13 heavy (non-hydrogen) atoms. The van der Waals surface area contributed by atoms with E-state index in [-0.39, 0.29) is 25.2 Å². The summed E-state index contributed by atoms with van der Waals surface area (Å²) in [6.45, 7) is 1.08. The molecule has 0 bridgehead atoms. The van der Waals surface area contributed by atoms with Gasteiger partial charge in [-0.2, -0.15) is 0 Å². The number of ketones is 1. The van der Waals surface area contributed by atoms with Gasteiger partial charge < -0.3 is 9.47 Å². The van der Waals surface area contributed by atoms with Crippen LogP contribution in [0, 0.1) is 0 Å². The first-order valence-electron chi connectivity index (χ1n) is 3.78. The zero-order valence-electron chi connectivity index (χ0n) is 7.66. The van der Waals surface area contributed by atoms with E-state index in [0.29, 0.717) is 0 Å². The van der Waals surface area contributed by atoms with Crippen molar-refractivity contribution in [1.29, 1.82) is 0 Å². The van der Waals surface area contributed by atoms with Crippen LogP contribution in [0.2, 0.25) is 0 Å². The number of hydrogen-bond acceptors (Lipinski definition) is 5. The van der Waals surface area contributed by atoms with Crippen LogP contribution in [0.4, 0.5) is 0 Å². The van der Waals surface area contributed by atoms with Crippen molar-refractivity contribution >= 4 is 17.7 Å². The van der Waals surface area contributed by atoms with Crippen LogP contribution in [0.1, 0.15) is 19.8 Å². The van der Waals surface area contributed by atoms with Gasteiger partial charge in [0, 0.05) is 0 Å². The summed E-state index contributed by atoms with van der Waals surface area (Å²) in [7, 11) is 1.24. The minimum Gasteiger partial charge on any atom is -0.469 e. The third kappa shape index (κ3) is 6.99. The molecule has 0 aromatic carbocycles. The zero-order valence-corrected chi connectivity index (χ0v) is 7.66. The molecular formula is C8H12O5. The molecule has 0 aromatic rings. The second kappa shape index (κ2) is 6.16. The summed E-state index contributed by atoms with van der Waals surface area (Å²) in [6, 6.07) is 0. The van der Waals surface area contributed by atoms with Gasteiger partial charge in [-0.1, -0.05) is 0 Å². The largest absolute Gasteiger partial charge is 0.469 e. The molecule has 74 valence electrons. The third-order valence-corrected chi connectivity index (χ3v) is 1.20. The third-order valence-electron chi connectivity index (χ3n) is 1.20. The lowest BCUT2D eigenvalue weighted by Crippen LogP contribution is -2.12. The Balaban J connectivity index is 3.52. The van der Waals surface area contributed by atoms with Gasteiger partial charge in [-0.3, -0.25) is 14.4 Å². The van der Waals surface area contributed by atoms with Crippen LogP contribution < -0.4 is 0 Å². The highest BCUT2D eigenvalue weighted by Gasteiger charge is 2.08. The van der Waals surface area contributed by atoms with E-state index in [2.05, 4.69) is 9.47 Å². The number of ether oxygens (including phenoxy) is 2. The van der Waals surface area contributed by atoms with Crippen molar-refractivity contribution in [2.75, 3.05) is 13.7 Å². The van der Waals surface area contributed by atoms with E-state index in [9.17, 15) is 14.4 Å². The molecule has 0 fully saturated rings. The van der Waals surface area contributed by atoms with Crippen molar-refractivity contribution in [2.45, 2.75) is 19.8 Å². The number of methoxy groups -OCH3 is 1. The molecule has 0 aromatic heterocycles. The first-order valence-corrected chi connectivity index (χ1v) is 3.78. The van der Waals surface area contributed by atoms with Gasteiger partial charge >= 0.3 is 11.9 Å². The van der Waals surface area contributed by atoms with E-state index >= 15 is 0 Å². The molecule has 0 aliphatic heterocycles. The lowest BCUT2D eigenvalue weighted by atomic mass is 10.3. The van der Waals surface area contributed by atoms with Crippen LogP contribution in [0.15, 0.2) is 0 Å². The Kier molecular flexibility index (Phi) is 5.50. The molecule has 0 heterocycles. The van der Waals surface area contributed by atoms with Crippen LogP contribution >= 0.6 is 0 Å². The topological polar surface area (TPSA) is 69.7 Å². The molecule has 5 nitrogen and oxygen atoms in total. The van der Waals surface area contributed by atoms with Crippen molar-refractivity contribution in [2.24, 2.45) is 0 Å². The zero-order chi connectivity index (χ0) is 10.3. The Morgan fingerprint density at radius 2 is 1.62 bits per heavy atom. The van der Waals surface area contributed by atoms with E-state index in [4.69, 9.17) is 0 Å². The molecule has 5 heteroatoms. The smallest absolute Gasteiger partial charge is 0.306 e. The van der Waals surface area contributed by atoms with Gasteiger partial charge in [0.1, 0.15) is 6.61 Å². The normalized spacial score (nSPS) is 9.08. The van der Waals surface area contributed by atoms with Gasteiger partial charge in [0.25, 0.3) is 0 Å². The van der Waals surface area contributed by atoms with Gasteiger partial charge in [0.05, 0.1) is 20.0 Å². The monoisotopic (exact) mass is 188 g/mol. The number of carbonyl (C=O) groups excluding carboxylic acids is 3. The summed E-state index contributed by atoms with van der Waals surface area (Å²) >= 11 is 0. The Bertz CT molecular complexity index is 209. The Morgan fingerprint density at radius 1 is 1.08 bits per heavy atom. The minimum absolute atomic E-state index is 0.0206. The summed E-state index contributed by atoms with van der Waals surface area (Å²) in [4.78, 5) is 31.7. The van der Waals surface area contributed by atoms with E-state index in [1.54, 1.807) is 0 Å². The summed E-state index contributed by atoms with van der Waals surface area (Å²) < 4.78 is 8.81. The molecule has 0 amide bonds. The fraction of sp³-hybridized carbons (Fsp3) is 0.625. The number of esters is 2. The Morgan fingerprint density at radius 3 is 2.08 bits per heavy atom. The lowest BCUT2D eigenvalue weighted by Gasteiger charge is -2.00. The predicted molar refractivity (Wildman–Crippen MR) is 42.9 cm³/mol. The minimum atomic E-state index is -0.569. The maximum absolute atomic E-state index is 10.8. The molecule has 0 saturated carbocycles. The van der Waals surface area contributed by atoms with Gasteiger partial charge in [0.2, 0.25) is 0 Å². The summed E-state index contributed by atoms with van der Waals surface area (Å²) in [6.07, 6.45) is -0.0762. The van der Waals surface area contributed by atoms with Crippen molar-refractivity contribution < 1.29 is 23.9 Å². The molecule has 0 saturated heterocycles. The highest BCUT2D eigenvalue weighted by Crippen LogP contribution is 1.94. The molecule has 0 rings (SSSR count). The van der Waals surface area contributed by atoms with E-state index < -0.39 is 11.9 Å².